The largest absolute Gasteiger partial charge is 0.378 e. The number of ketones is 1. The van der Waals surface area contributed by atoms with Crippen LogP contribution in [0.3, 0.4) is 0 Å². The lowest BCUT2D eigenvalue weighted by molar-refractivity contribution is 0.0463. The second-order valence-electron chi connectivity index (χ2n) is 3.94. The first-order valence-corrected chi connectivity index (χ1v) is 6.09. The Labute approximate surface area is 93.4 Å². The van der Waals surface area contributed by atoms with Crippen LogP contribution < -0.4 is 5.32 Å². The fourth-order valence-electron chi connectivity index (χ4n) is 1.77. The molecule has 0 saturated carbocycles. The Bertz CT molecular complexity index is 323. The fraction of sp³-hybridized carbons (Fsp3) is 0.545. The van der Waals surface area contributed by atoms with Gasteiger partial charge in [-0.15, -0.1) is 0 Å². The first-order chi connectivity index (χ1) is 7.25. The number of rotatable bonds is 3. The van der Waals surface area contributed by atoms with Crippen molar-refractivity contribution in [2.75, 3.05) is 13.2 Å². The zero-order valence-electron chi connectivity index (χ0n) is 8.73. The number of Topliss-reactive ketones (excluding diaryl/α,β-unsaturated/α-hetero) is 1. The molecule has 82 valence electrons. The maximum atomic E-state index is 11.8. The predicted octanol–water partition coefficient (Wildman–Crippen LogP) is 1.70. The minimum atomic E-state index is 0.168. The molecule has 15 heavy (non-hydrogen) atoms. The average Bonchev–Trinajstić information content (AvgIpc) is 2.70. The lowest BCUT2D eigenvalue weighted by Crippen LogP contribution is -2.48. The molecule has 3 nitrogen and oxygen atoms in total. The van der Waals surface area contributed by atoms with E-state index in [1.54, 1.807) is 11.3 Å². The number of hydrogen-bond acceptors (Lipinski definition) is 4. The molecule has 2 rings (SSSR count). The summed E-state index contributed by atoms with van der Waals surface area (Å²) in [4.78, 5) is 11.8. The van der Waals surface area contributed by atoms with Crippen LogP contribution in [-0.2, 0) is 4.74 Å². The summed E-state index contributed by atoms with van der Waals surface area (Å²) in [6.07, 6.45) is 0.529. The summed E-state index contributed by atoms with van der Waals surface area (Å²) in [5, 5.41) is 7.20. The van der Waals surface area contributed by atoms with Gasteiger partial charge < -0.3 is 10.1 Å². The smallest absolute Gasteiger partial charge is 0.165 e. The molecule has 1 fully saturated rings. The molecule has 1 aliphatic heterocycles. The van der Waals surface area contributed by atoms with Crippen LogP contribution in [0.2, 0.25) is 0 Å². The zero-order chi connectivity index (χ0) is 10.7. The van der Waals surface area contributed by atoms with Crippen molar-refractivity contribution < 1.29 is 9.53 Å². The van der Waals surface area contributed by atoms with Crippen LogP contribution in [0.4, 0.5) is 0 Å². The van der Waals surface area contributed by atoms with Crippen molar-refractivity contribution in [3.05, 3.63) is 22.4 Å². The quantitative estimate of drug-likeness (QED) is 0.796. The molecule has 1 aromatic heterocycles. The highest BCUT2D eigenvalue weighted by molar-refractivity contribution is 7.08. The maximum Gasteiger partial charge on any atom is 0.165 e. The molecule has 4 heteroatoms. The van der Waals surface area contributed by atoms with Crippen molar-refractivity contribution in [1.29, 1.82) is 0 Å². The molecule has 2 heterocycles. The number of carbonyl (C=O) groups is 1. The number of ether oxygens (including phenoxy) is 1. The van der Waals surface area contributed by atoms with Crippen LogP contribution in [0.25, 0.3) is 0 Å². The van der Waals surface area contributed by atoms with Gasteiger partial charge in [0.1, 0.15) is 0 Å². The molecule has 0 bridgehead atoms. The summed E-state index contributed by atoms with van der Waals surface area (Å²) in [7, 11) is 0. The van der Waals surface area contributed by atoms with Crippen LogP contribution in [0.1, 0.15) is 23.7 Å². The lowest BCUT2D eigenvalue weighted by Gasteiger charge is -2.28. The van der Waals surface area contributed by atoms with Crippen LogP contribution in [0, 0.1) is 0 Å². The molecule has 1 aromatic rings. The van der Waals surface area contributed by atoms with Gasteiger partial charge in [0.05, 0.1) is 13.2 Å². The average molecular weight is 225 g/mol. The van der Waals surface area contributed by atoms with Gasteiger partial charge in [-0.05, 0) is 18.4 Å². The molecule has 0 amide bonds. The Morgan fingerprint density at radius 1 is 1.67 bits per heavy atom. The second kappa shape index (κ2) is 4.88. The Kier molecular flexibility index (Phi) is 3.51. The van der Waals surface area contributed by atoms with Crippen LogP contribution in [-0.4, -0.2) is 31.1 Å². The molecule has 0 spiro atoms. The molecule has 1 aliphatic rings. The highest BCUT2D eigenvalue weighted by Gasteiger charge is 2.21. The minimum absolute atomic E-state index is 0.168. The molecular weight excluding hydrogens is 210 g/mol. The standard InChI is InChI=1S/C11H15NO2S/c1-8-5-14-6-10(12-8)4-11(13)9-2-3-15-7-9/h2-3,7-8,10,12H,4-6H2,1H3. The summed E-state index contributed by atoms with van der Waals surface area (Å²) < 4.78 is 5.40. The molecule has 0 aromatic carbocycles. The summed E-state index contributed by atoms with van der Waals surface area (Å²) >= 11 is 1.56. The first kappa shape index (κ1) is 10.8. The first-order valence-electron chi connectivity index (χ1n) is 5.15. The Morgan fingerprint density at radius 3 is 3.20 bits per heavy atom. The van der Waals surface area contributed by atoms with Gasteiger partial charge in [0, 0.05) is 29.4 Å². The number of carbonyl (C=O) groups excluding carboxylic acids is 1. The summed E-state index contributed by atoms with van der Waals surface area (Å²) in [6.45, 7) is 3.45. The molecule has 2 atom stereocenters. The third kappa shape index (κ3) is 2.87. The van der Waals surface area contributed by atoms with E-state index in [1.165, 1.54) is 0 Å². The van der Waals surface area contributed by atoms with E-state index >= 15 is 0 Å². The molecule has 0 aliphatic carbocycles. The van der Waals surface area contributed by atoms with E-state index in [0.717, 1.165) is 12.2 Å². The predicted molar refractivity (Wildman–Crippen MR) is 60.5 cm³/mol. The number of nitrogens with one attached hydrogen (secondary N) is 1. The molecule has 2 unspecified atom stereocenters. The Hall–Kier alpha value is -0.710. The Balaban J connectivity index is 1.89. The van der Waals surface area contributed by atoms with E-state index in [0.29, 0.717) is 19.1 Å². The van der Waals surface area contributed by atoms with Crippen molar-refractivity contribution in [2.24, 2.45) is 0 Å². The van der Waals surface area contributed by atoms with Gasteiger partial charge in [-0.1, -0.05) is 0 Å². The van der Waals surface area contributed by atoms with Gasteiger partial charge in [-0.2, -0.15) is 11.3 Å². The minimum Gasteiger partial charge on any atom is -0.378 e. The monoisotopic (exact) mass is 225 g/mol. The highest BCUT2D eigenvalue weighted by Crippen LogP contribution is 2.12. The number of hydrogen-bond donors (Lipinski definition) is 1. The van der Waals surface area contributed by atoms with E-state index in [9.17, 15) is 4.79 Å². The zero-order valence-corrected chi connectivity index (χ0v) is 9.55. The van der Waals surface area contributed by atoms with E-state index in [1.807, 2.05) is 16.8 Å². The van der Waals surface area contributed by atoms with Crippen LogP contribution in [0.15, 0.2) is 16.8 Å². The summed E-state index contributed by atoms with van der Waals surface area (Å²) in [5.74, 6) is 0.200. The Morgan fingerprint density at radius 2 is 2.53 bits per heavy atom. The molecule has 1 N–H and O–H groups in total. The number of thiophene rings is 1. The van der Waals surface area contributed by atoms with Gasteiger partial charge in [0.2, 0.25) is 0 Å². The summed E-state index contributed by atoms with van der Waals surface area (Å²) in [6, 6.07) is 2.39. The second-order valence-corrected chi connectivity index (χ2v) is 4.72. The summed E-state index contributed by atoms with van der Waals surface area (Å²) in [5.41, 5.74) is 0.819. The maximum absolute atomic E-state index is 11.8. The van der Waals surface area contributed by atoms with E-state index in [-0.39, 0.29) is 11.8 Å². The van der Waals surface area contributed by atoms with Crippen molar-refractivity contribution >= 4 is 17.1 Å². The lowest BCUT2D eigenvalue weighted by atomic mass is 10.1. The molecule has 1 saturated heterocycles. The SMILES string of the molecule is CC1COCC(CC(=O)c2ccsc2)N1. The van der Waals surface area contributed by atoms with Crippen molar-refractivity contribution in [3.63, 3.8) is 0 Å². The van der Waals surface area contributed by atoms with Crippen molar-refractivity contribution in [3.8, 4) is 0 Å². The van der Waals surface area contributed by atoms with Gasteiger partial charge >= 0.3 is 0 Å². The van der Waals surface area contributed by atoms with Crippen molar-refractivity contribution in [2.45, 2.75) is 25.4 Å². The van der Waals surface area contributed by atoms with E-state index < -0.39 is 0 Å². The van der Waals surface area contributed by atoms with Gasteiger partial charge in [-0.3, -0.25) is 4.79 Å². The van der Waals surface area contributed by atoms with E-state index in [2.05, 4.69) is 12.2 Å². The highest BCUT2D eigenvalue weighted by atomic mass is 32.1. The van der Waals surface area contributed by atoms with Crippen molar-refractivity contribution in [1.82, 2.24) is 5.32 Å². The van der Waals surface area contributed by atoms with Crippen LogP contribution >= 0.6 is 11.3 Å². The number of morpholine rings is 1. The fourth-order valence-corrected chi connectivity index (χ4v) is 2.43. The van der Waals surface area contributed by atoms with Gasteiger partial charge in [0.25, 0.3) is 0 Å². The topological polar surface area (TPSA) is 38.3 Å². The van der Waals surface area contributed by atoms with E-state index in [4.69, 9.17) is 4.74 Å². The molecule has 0 radical (unpaired) electrons. The third-order valence-corrected chi connectivity index (χ3v) is 3.17. The third-order valence-electron chi connectivity index (χ3n) is 2.48. The van der Waals surface area contributed by atoms with Gasteiger partial charge in [-0.25, -0.2) is 0 Å². The van der Waals surface area contributed by atoms with Gasteiger partial charge in [0.15, 0.2) is 5.78 Å². The normalized spacial score (nSPS) is 26.5. The van der Waals surface area contributed by atoms with Crippen LogP contribution in [0.5, 0.6) is 0 Å². The molecular formula is C11H15NO2S.